The maximum absolute atomic E-state index is 14.0. The van der Waals surface area contributed by atoms with Crippen molar-refractivity contribution in [2.45, 2.75) is 58.0 Å². The minimum Gasteiger partial charge on any atom is -0.309 e. The second-order valence-electron chi connectivity index (χ2n) is 8.90. The molecular weight excluding hydrogens is 427 g/mol. The van der Waals surface area contributed by atoms with Crippen molar-refractivity contribution in [2.24, 2.45) is 0 Å². The van der Waals surface area contributed by atoms with Crippen LogP contribution in [0.3, 0.4) is 0 Å². The van der Waals surface area contributed by atoms with Gasteiger partial charge < -0.3 is 9.80 Å². The lowest BCUT2D eigenvalue weighted by atomic mass is 9.89. The highest BCUT2D eigenvalue weighted by Gasteiger charge is 2.38. The molecule has 1 aliphatic heterocycles. The monoisotopic (exact) mass is 458 g/mol. The fourth-order valence-electron chi connectivity index (χ4n) is 4.84. The van der Waals surface area contributed by atoms with Crippen molar-refractivity contribution < 1.29 is 14.0 Å². The Bertz CT molecular complexity index is 1150. The average Bonchev–Trinajstić information content (AvgIpc) is 2.85. The minimum atomic E-state index is -0.444. The first-order valence-electron chi connectivity index (χ1n) is 12.1. The number of hydrogen-bond acceptors (Lipinski definition) is 2. The zero-order valence-electron chi connectivity index (χ0n) is 19.8. The number of para-hydroxylation sites is 2. The molecule has 0 spiro atoms. The van der Waals surface area contributed by atoms with Crippen LogP contribution in [0, 0.1) is 5.82 Å². The van der Waals surface area contributed by atoms with Gasteiger partial charge in [-0.2, -0.15) is 0 Å². The van der Waals surface area contributed by atoms with E-state index in [4.69, 9.17) is 0 Å². The molecule has 34 heavy (non-hydrogen) atoms. The first kappa shape index (κ1) is 23.7. The number of hydrogen-bond donors (Lipinski definition) is 0. The Labute approximate surface area is 201 Å². The summed E-state index contributed by atoms with van der Waals surface area (Å²) in [6, 6.07) is 22.8. The van der Waals surface area contributed by atoms with Crippen molar-refractivity contribution in [3.8, 4) is 0 Å². The van der Waals surface area contributed by atoms with Crippen molar-refractivity contribution in [1.82, 2.24) is 0 Å². The number of halogens is 1. The zero-order chi connectivity index (χ0) is 24.1. The highest BCUT2D eigenvalue weighted by molar-refractivity contribution is 6.07. The van der Waals surface area contributed by atoms with Crippen LogP contribution in [-0.4, -0.2) is 17.9 Å². The van der Waals surface area contributed by atoms with Crippen molar-refractivity contribution in [2.75, 3.05) is 9.80 Å². The Morgan fingerprint density at radius 1 is 0.971 bits per heavy atom. The molecule has 0 saturated carbocycles. The van der Waals surface area contributed by atoms with E-state index < -0.39 is 5.82 Å². The van der Waals surface area contributed by atoms with Gasteiger partial charge in [-0.1, -0.05) is 62.2 Å². The van der Waals surface area contributed by atoms with E-state index in [0.29, 0.717) is 18.4 Å². The predicted octanol–water partition coefficient (Wildman–Crippen LogP) is 6.92. The molecule has 0 radical (unpaired) electrons. The fraction of sp³-hybridized carbons (Fsp3) is 0.310. The van der Waals surface area contributed by atoms with Gasteiger partial charge in [0, 0.05) is 29.4 Å². The van der Waals surface area contributed by atoms with E-state index in [-0.39, 0.29) is 23.9 Å². The van der Waals surface area contributed by atoms with E-state index in [2.05, 4.69) is 6.92 Å². The molecule has 1 aliphatic rings. The second-order valence-corrected chi connectivity index (χ2v) is 8.90. The average molecular weight is 459 g/mol. The molecule has 2 unspecified atom stereocenters. The van der Waals surface area contributed by atoms with Crippen LogP contribution in [0.25, 0.3) is 0 Å². The lowest BCUT2D eigenvalue weighted by molar-refractivity contribution is -0.119. The predicted molar refractivity (Wildman–Crippen MR) is 135 cm³/mol. The summed E-state index contributed by atoms with van der Waals surface area (Å²) in [7, 11) is 0. The summed E-state index contributed by atoms with van der Waals surface area (Å²) in [4.78, 5) is 30.6. The molecule has 0 saturated heterocycles. The maximum Gasteiger partial charge on any atom is 0.258 e. The van der Waals surface area contributed by atoms with Crippen molar-refractivity contribution in [3.05, 3.63) is 95.8 Å². The van der Waals surface area contributed by atoms with Crippen molar-refractivity contribution in [1.29, 1.82) is 0 Å². The van der Waals surface area contributed by atoms with Crippen LogP contribution < -0.4 is 9.80 Å². The van der Waals surface area contributed by atoms with Crippen LogP contribution in [0.2, 0.25) is 0 Å². The third-order valence-corrected chi connectivity index (χ3v) is 6.46. The first-order valence-corrected chi connectivity index (χ1v) is 12.1. The summed E-state index contributed by atoms with van der Waals surface area (Å²) in [5.74, 6) is -0.588. The molecule has 0 fully saturated rings. The van der Waals surface area contributed by atoms with Gasteiger partial charge in [-0.3, -0.25) is 9.59 Å². The highest BCUT2D eigenvalue weighted by atomic mass is 19.1. The van der Waals surface area contributed by atoms with E-state index in [1.54, 1.807) is 17.0 Å². The number of amides is 2. The van der Waals surface area contributed by atoms with Crippen LogP contribution in [0.1, 0.15) is 67.9 Å². The van der Waals surface area contributed by atoms with Crippen molar-refractivity contribution >= 4 is 23.2 Å². The van der Waals surface area contributed by atoms with Crippen LogP contribution in [0.4, 0.5) is 15.8 Å². The molecule has 2 amide bonds. The number of anilines is 2. The van der Waals surface area contributed by atoms with Gasteiger partial charge in [0.15, 0.2) is 0 Å². The summed E-state index contributed by atoms with van der Waals surface area (Å²) in [5, 5.41) is 0. The fourth-order valence-corrected chi connectivity index (χ4v) is 4.84. The zero-order valence-corrected chi connectivity index (χ0v) is 19.8. The summed E-state index contributed by atoms with van der Waals surface area (Å²) in [6.07, 6.45) is 4.07. The topological polar surface area (TPSA) is 40.6 Å². The Morgan fingerprint density at radius 3 is 2.44 bits per heavy atom. The number of carbonyl (C=O) groups excluding carboxylic acids is 2. The Kier molecular flexibility index (Phi) is 7.41. The molecule has 1 heterocycles. The van der Waals surface area contributed by atoms with E-state index in [1.807, 2.05) is 66.4 Å². The molecule has 0 aromatic heterocycles. The van der Waals surface area contributed by atoms with Crippen molar-refractivity contribution in [3.63, 3.8) is 0 Å². The van der Waals surface area contributed by atoms with E-state index in [9.17, 15) is 14.0 Å². The molecule has 0 aliphatic carbocycles. The Morgan fingerprint density at radius 2 is 1.71 bits per heavy atom. The summed E-state index contributed by atoms with van der Waals surface area (Å²) < 4.78 is 14.0. The molecule has 4 rings (SSSR count). The molecule has 4 nitrogen and oxygen atoms in total. The standard InChI is InChI=1S/C29H31FN2O2/c1-3-4-6-18-28(33)31-21(2)19-27(25-16-9-10-17-26(25)31)32(24-14-7-5-8-15-24)29(34)22-12-11-13-23(30)20-22/h5,7-17,20-21,27H,3-4,6,18-19H2,1-2H3. The van der Waals surface area contributed by atoms with Crippen LogP contribution in [0.15, 0.2) is 78.9 Å². The number of nitrogens with zero attached hydrogens (tertiary/aromatic N) is 2. The van der Waals surface area contributed by atoms with E-state index in [1.165, 1.54) is 12.1 Å². The van der Waals surface area contributed by atoms with E-state index in [0.717, 1.165) is 36.2 Å². The quantitative estimate of drug-likeness (QED) is 0.361. The van der Waals surface area contributed by atoms with Crippen LogP contribution in [-0.2, 0) is 4.79 Å². The molecule has 0 N–H and O–H groups in total. The normalized spacial score (nSPS) is 17.2. The lowest BCUT2D eigenvalue weighted by Gasteiger charge is -2.43. The van der Waals surface area contributed by atoms with Gasteiger partial charge in [0.25, 0.3) is 5.91 Å². The first-order chi connectivity index (χ1) is 16.5. The van der Waals surface area contributed by atoms with Gasteiger partial charge >= 0.3 is 0 Å². The molecule has 3 aromatic rings. The van der Waals surface area contributed by atoms with Gasteiger partial charge in [-0.05, 0) is 61.7 Å². The van der Waals surface area contributed by atoms with Gasteiger partial charge in [-0.25, -0.2) is 4.39 Å². The van der Waals surface area contributed by atoms with Crippen LogP contribution in [0.5, 0.6) is 0 Å². The lowest BCUT2D eigenvalue weighted by Crippen LogP contribution is -2.47. The number of carbonyl (C=O) groups is 2. The second kappa shape index (κ2) is 10.6. The third kappa shape index (κ3) is 4.89. The van der Waals surface area contributed by atoms with E-state index >= 15 is 0 Å². The minimum absolute atomic E-state index is 0.0828. The maximum atomic E-state index is 14.0. The van der Waals surface area contributed by atoms with Gasteiger partial charge in [0.1, 0.15) is 5.82 Å². The molecule has 176 valence electrons. The smallest absolute Gasteiger partial charge is 0.258 e. The molecule has 5 heteroatoms. The number of benzene rings is 3. The molecule has 3 aromatic carbocycles. The molecule has 2 atom stereocenters. The van der Waals surface area contributed by atoms with Gasteiger partial charge in [0.05, 0.1) is 6.04 Å². The highest BCUT2D eigenvalue weighted by Crippen LogP contribution is 2.43. The number of fused-ring (bicyclic) bond motifs is 1. The Hall–Kier alpha value is -3.47. The number of unbranched alkanes of at least 4 members (excludes halogenated alkanes) is 2. The van der Waals surface area contributed by atoms with Gasteiger partial charge in [-0.15, -0.1) is 0 Å². The van der Waals surface area contributed by atoms with Gasteiger partial charge in [0.2, 0.25) is 5.91 Å². The third-order valence-electron chi connectivity index (χ3n) is 6.46. The number of rotatable bonds is 7. The largest absolute Gasteiger partial charge is 0.309 e. The SMILES string of the molecule is CCCCCC(=O)N1c2ccccc2C(N(C(=O)c2cccc(F)c2)c2ccccc2)CC1C. The van der Waals surface area contributed by atoms with Crippen LogP contribution >= 0.6 is 0 Å². The molecular formula is C29H31FN2O2. The molecule has 0 bridgehead atoms. The summed E-state index contributed by atoms with van der Waals surface area (Å²) in [5.41, 5.74) is 2.82. The summed E-state index contributed by atoms with van der Waals surface area (Å²) >= 11 is 0. The summed E-state index contributed by atoms with van der Waals surface area (Å²) in [6.45, 7) is 4.16. The Balaban J connectivity index is 1.76.